The van der Waals surface area contributed by atoms with Gasteiger partial charge in [-0.15, -0.1) is 0 Å². The molecule has 0 aliphatic heterocycles. The molecule has 0 saturated heterocycles. The summed E-state index contributed by atoms with van der Waals surface area (Å²) in [5.74, 6) is 1.50. The highest BCUT2D eigenvalue weighted by Crippen LogP contribution is 2.24. The first-order valence-corrected chi connectivity index (χ1v) is 6.09. The Balaban J connectivity index is 2.01. The Labute approximate surface area is 114 Å². The van der Waals surface area contributed by atoms with Gasteiger partial charge in [-0.05, 0) is 24.6 Å². The number of imidazole rings is 1. The van der Waals surface area contributed by atoms with Crippen LogP contribution in [0, 0.1) is 6.92 Å². The maximum absolute atomic E-state index is 8.28. The van der Waals surface area contributed by atoms with E-state index in [1.807, 2.05) is 36.7 Å². The first-order valence-electron chi connectivity index (χ1n) is 6.09. The Morgan fingerprint density at radius 1 is 1.40 bits per heavy atom. The predicted molar refractivity (Wildman–Crippen MR) is 73.8 cm³/mol. The molecule has 0 radical (unpaired) electrons. The van der Waals surface area contributed by atoms with Crippen LogP contribution in [-0.4, -0.2) is 14.7 Å². The summed E-state index contributed by atoms with van der Waals surface area (Å²) < 4.78 is 7.16. The number of azide groups is 1. The van der Waals surface area contributed by atoms with Gasteiger partial charge < -0.3 is 9.09 Å². The van der Waals surface area contributed by atoms with Gasteiger partial charge in [-0.1, -0.05) is 16.3 Å². The van der Waals surface area contributed by atoms with Crippen molar-refractivity contribution in [3.63, 3.8) is 0 Å². The fourth-order valence-corrected chi connectivity index (χ4v) is 2.10. The van der Waals surface area contributed by atoms with Crippen molar-refractivity contribution in [2.45, 2.75) is 13.5 Å². The summed E-state index contributed by atoms with van der Waals surface area (Å²) in [6.45, 7) is 2.13. The summed E-state index contributed by atoms with van der Waals surface area (Å²) in [6.07, 6.45) is 0. The van der Waals surface area contributed by atoms with Crippen molar-refractivity contribution in [2.24, 2.45) is 12.2 Å². The molecule has 0 unspecified atom stereocenters. The molecule has 2 aromatic heterocycles. The highest BCUT2D eigenvalue weighted by atomic mass is 16.5. The van der Waals surface area contributed by atoms with Crippen LogP contribution in [0.2, 0.25) is 0 Å². The Kier molecular flexibility index (Phi) is 2.89. The van der Waals surface area contributed by atoms with Crippen molar-refractivity contribution in [3.05, 3.63) is 46.3 Å². The van der Waals surface area contributed by atoms with Crippen LogP contribution in [0.5, 0.6) is 0 Å². The monoisotopic (exact) mass is 268 g/mol. The predicted octanol–water partition coefficient (Wildman–Crippen LogP) is 3.35. The smallest absolute Gasteiger partial charge is 0.143 e. The number of fused-ring (bicyclic) bond motifs is 1. The lowest BCUT2D eigenvalue weighted by molar-refractivity contribution is 0.387. The molecular weight excluding hydrogens is 256 g/mol. The lowest BCUT2D eigenvalue weighted by Gasteiger charge is -1.98. The summed E-state index contributed by atoms with van der Waals surface area (Å²) in [6, 6.07) is 7.72. The van der Waals surface area contributed by atoms with Crippen molar-refractivity contribution in [1.82, 2.24) is 14.7 Å². The first kappa shape index (κ1) is 12.3. The van der Waals surface area contributed by atoms with Crippen molar-refractivity contribution < 1.29 is 4.52 Å². The van der Waals surface area contributed by atoms with Crippen LogP contribution in [0.15, 0.2) is 33.9 Å². The van der Waals surface area contributed by atoms with E-state index in [0.29, 0.717) is 11.5 Å². The van der Waals surface area contributed by atoms with Crippen molar-refractivity contribution in [2.75, 3.05) is 0 Å². The standard InChI is InChI=1S/C13H12N6O/c1-8-16-12-5-9(3-4-13(12)19(8)2)11-6-10(20-17-11)7-15-18-14/h3-6H,7H2,1-2H3. The van der Waals surface area contributed by atoms with E-state index in [2.05, 4.69) is 20.2 Å². The van der Waals surface area contributed by atoms with E-state index in [-0.39, 0.29) is 6.54 Å². The maximum atomic E-state index is 8.28. The third-order valence-electron chi connectivity index (χ3n) is 3.25. The Morgan fingerprint density at radius 2 is 2.25 bits per heavy atom. The lowest BCUT2D eigenvalue weighted by atomic mass is 10.1. The highest BCUT2D eigenvalue weighted by Gasteiger charge is 2.09. The molecule has 0 saturated carbocycles. The van der Waals surface area contributed by atoms with Gasteiger partial charge in [-0.25, -0.2) is 4.98 Å². The van der Waals surface area contributed by atoms with Crippen LogP contribution in [-0.2, 0) is 13.6 Å². The van der Waals surface area contributed by atoms with Crippen LogP contribution < -0.4 is 0 Å². The van der Waals surface area contributed by atoms with Crippen LogP contribution in [0.1, 0.15) is 11.6 Å². The Bertz CT molecular complexity index is 825. The third-order valence-corrected chi connectivity index (χ3v) is 3.25. The number of aromatic nitrogens is 3. The van der Waals surface area contributed by atoms with Gasteiger partial charge >= 0.3 is 0 Å². The highest BCUT2D eigenvalue weighted by molar-refractivity contribution is 5.81. The van der Waals surface area contributed by atoms with E-state index in [1.165, 1.54) is 0 Å². The summed E-state index contributed by atoms with van der Waals surface area (Å²) in [5.41, 5.74) is 11.9. The first-order chi connectivity index (χ1) is 9.69. The molecule has 20 heavy (non-hydrogen) atoms. The summed E-state index contributed by atoms with van der Waals surface area (Å²) in [5, 5.41) is 7.43. The number of rotatable bonds is 3. The van der Waals surface area contributed by atoms with E-state index < -0.39 is 0 Å². The van der Waals surface area contributed by atoms with Gasteiger partial charge in [0.05, 0.1) is 17.6 Å². The number of hydrogen-bond acceptors (Lipinski definition) is 4. The zero-order valence-electron chi connectivity index (χ0n) is 11.1. The average molecular weight is 268 g/mol. The van der Waals surface area contributed by atoms with Gasteiger partial charge in [0.2, 0.25) is 0 Å². The number of nitrogens with zero attached hydrogens (tertiary/aromatic N) is 6. The second-order valence-electron chi connectivity index (χ2n) is 4.49. The zero-order chi connectivity index (χ0) is 14.1. The fraction of sp³-hybridized carbons (Fsp3) is 0.231. The van der Waals surface area contributed by atoms with E-state index in [0.717, 1.165) is 22.4 Å². The second kappa shape index (κ2) is 4.71. The normalized spacial score (nSPS) is 10.7. The Hall–Kier alpha value is -2.79. The second-order valence-corrected chi connectivity index (χ2v) is 4.49. The molecule has 0 fully saturated rings. The largest absolute Gasteiger partial charge is 0.361 e. The summed E-state index contributed by atoms with van der Waals surface area (Å²) in [7, 11) is 1.98. The van der Waals surface area contributed by atoms with Crippen LogP contribution in [0.3, 0.4) is 0 Å². The molecule has 1 aromatic carbocycles. The summed E-state index contributed by atoms with van der Waals surface area (Å²) >= 11 is 0. The fourth-order valence-electron chi connectivity index (χ4n) is 2.10. The van der Waals surface area contributed by atoms with Gasteiger partial charge in [-0.3, -0.25) is 0 Å². The molecule has 7 nitrogen and oxygen atoms in total. The molecule has 3 aromatic rings. The van der Waals surface area contributed by atoms with Gasteiger partial charge in [0.25, 0.3) is 0 Å². The Morgan fingerprint density at radius 3 is 3.05 bits per heavy atom. The van der Waals surface area contributed by atoms with Gasteiger partial charge in [0.1, 0.15) is 17.3 Å². The molecule has 0 aliphatic rings. The topological polar surface area (TPSA) is 92.6 Å². The molecule has 0 bridgehead atoms. The van der Waals surface area contributed by atoms with Gasteiger partial charge in [0, 0.05) is 23.6 Å². The number of aryl methyl sites for hydroxylation is 2. The van der Waals surface area contributed by atoms with E-state index >= 15 is 0 Å². The molecule has 100 valence electrons. The molecule has 2 heterocycles. The van der Waals surface area contributed by atoms with Crippen molar-refractivity contribution >= 4 is 11.0 Å². The quantitative estimate of drug-likeness (QED) is 0.414. The molecular formula is C13H12N6O. The van der Waals surface area contributed by atoms with Gasteiger partial charge in [-0.2, -0.15) is 0 Å². The van der Waals surface area contributed by atoms with Crippen molar-refractivity contribution in [1.29, 1.82) is 0 Å². The number of hydrogen-bond donors (Lipinski definition) is 0. The molecule has 0 amide bonds. The van der Waals surface area contributed by atoms with Gasteiger partial charge in [0.15, 0.2) is 0 Å². The van der Waals surface area contributed by atoms with Crippen LogP contribution in [0.25, 0.3) is 32.7 Å². The SMILES string of the molecule is Cc1nc2cc(-c3cc(CN=[N+]=[N-])on3)ccc2n1C. The summed E-state index contributed by atoms with van der Waals surface area (Å²) in [4.78, 5) is 7.18. The minimum Gasteiger partial charge on any atom is -0.361 e. The third kappa shape index (κ3) is 2.00. The molecule has 3 rings (SSSR count). The number of benzene rings is 1. The minimum absolute atomic E-state index is 0.161. The molecule has 7 heteroatoms. The van der Waals surface area contributed by atoms with Crippen molar-refractivity contribution in [3.8, 4) is 11.3 Å². The lowest BCUT2D eigenvalue weighted by Crippen LogP contribution is -1.89. The molecule has 0 spiro atoms. The van der Waals surface area contributed by atoms with Crippen LogP contribution >= 0.6 is 0 Å². The van der Waals surface area contributed by atoms with E-state index in [4.69, 9.17) is 10.1 Å². The molecule has 0 N–H and O–H groups in total. The van der Waals surface area contributed by atoms with E-state index in [9.17, 15) is 0 Å². The van der Waals surface area contributed by atoms with Crippen LogP contribution in [0.4, 0.5) is 0 Å². The minimum atomic E-state index is 0.161. The molecule has 0 atom stereocenters. The zero-order valence-corrected chi connectivity index (χ0v) is 11.1. The molecule has 0 aliphatic carbocycles. The maximum Gasteiger partial charge on any atom is 0.143 e. The average Bonchev–Trinajstić information content (AvgIpc) is 3.02. The van der Waals surface area contributed by atoms with E-state index in [1.54, 1.807) is 6.07 Å².